The van der Waals surface area contributed by atoms with Crippen LogP contribution < -0.4 is 0 Å². The molecule has 3 N–H and O–H groups in total. The highest BCUT2D eigenvalue weighted by Crippen LogP contribution is 2.65. The molecule has 2 aromatic carbocycles. The van der Waals surface area contributed by atoms with E-state index in [4.69, 9.17) is 9.47 Å². The van der Waals surface area contributed by atoms with Gasteiger partial charge in [-0.3, -0.25) is 14.4 Å². The quantitative estimate of drug-likeness (QED) is 0.0867. The van der Waals surface area contributed by atoms with E-state index in [9.17, 15) is 34.5 Å². The molecule has 0 aromatic heterocycles. The maximum Gasteiger partial charge on any atom is 0.338 e. The maximum absolute atomic E-state index is 13.6. The summed E-state index contributed by atoms with van der Waals surface area (Å²) in [5.41, 5.74) is 1.87. The van der Waals surface area contributed by atoms with Gasteiger partial charge in [0.1, 0.15) is 11.7 Å². The zero-order chi connectivity index (χ0) is 42.5. The molecule has 3 unspecified atom stereocenters. The fourth-order valence-corrected chi connectivity index (χ4v) is 11.3. The highest BCUT2D eigenvalue weighted by atomic mass is 16.5. The van der Waals surface area contributed by atoms with Gasteiger partial charge in [-0.25, -0.2) is 4.79 Å². The fourth-order valence-electron chi connectivity index (χ4n) is 11.3. The van der Waals surface area contributed by atoms with E-state index in [0.717, 1.165) is 31.2 Å². The molecule has 3 saturated carbocycles. The Bertz CT molecular complexity index is 2000. The van der Waals surface area contributed by atoms with E-state index < -0.39 is 53.7 Å². The number of ketones is 2. The maximum atomic E-state index is 13.6. The minimum absolute atomic E-state index is 0.122. The molecule has 0 radical (unpaired) electrons. The Kier molecular flexibility index (Phi) is 13.6. The lowest BCUT2D eigenvalue weighted by Crippen LogP contribution is -2.55. The molecule has 0 spiro atoms. The summed E-state index contributed by atoms with van der Waals surface area (Å²) in [7, 11) is 0. The van der Waals surface area contributed by atoms with Gasteiger partial charge in [0.2, 0.25) is 5.78 Å². The third-order valence-electron chi connectivity index (χ3n) is 14.9. The van der Waals surface area contributed by atoms with E-state index in [-0.39, 0.29) is 47.7 Å². The standard InChI is InChI=1S/C51H62O9/c1-49-28-25-37(52)31-36(49)20-23-41-42(49)26-29-50(2)43(41)27-30-51(50,58)46(55)33-59-47(56)18-12-4-3-11-17-39-40(45(54)32-44(39)53)24-22-38(21-19-34-13-7-5-8-14-34)60-48(57)35-15-9-6-10-16-35/h3,5-11,13-16,22,24,26,31,38-41,43-45,53-54,58H,4,12,17-21,23,25,27-30,32-33H2,1-2H3/b11-3-,24-22+/t38?,39-,40-,41-,43+,44+,45-,49?,50?,51+/m1/s1. The van der Waals surface area contributed by atoms with Crippen molar-refractivity contribution in [1.82, 2.24) is 0 Å². The summed E-state index contributed by atoms with van der Waals surface area (Å²) in [5.74, 6) is -1.26. The lowest BCUT2D eigenvalue weighted by atomic mass is 9.50. The van der Waals surface area contributed by atoms with Gasteiger partial charge in [0, 0.05) is 36.0 Å². The zero-order valence-electron chi connectivity index (χ0n) is 35.2. The van der Waals surface area contributed by atoms with Gasteiger partial charge < -0.3 is 24.8 Å². The highest BCUT2D eigenvalue weighted by molar-refractivity contribution is 5.92. The summed E-state index contributed by atoms with van der Waals surface area (Å²) in [4.78, 5) is 51.6. The Hall–Kier alpha value is -4.44. The molecule has 9 nitrogen and oxygen atoms in total. The minimum Gasteiger partial charge on any atom is -0.458 e. The largest absolute Gasteiger partial charge is 0.458 e. The van der Waals surface area contributed by atoms with Crippen LogP contribution in [0.15, 0.2) is 108 Å². The second kappa shape index (κ2) is 18.7. The van der Waals surface area contributed by atoms with Crippen LogP contribution in [0.4, 0.5) is 0 Å². The van der Waals surface area contributed by atoms with Crippen LogP contribution in [0.25, 0.3) is 0 Å². The summed E-state index contributed by atoms with van der Waals surface area (Å²) in [6.07, 6.45) is 17.9. The normalized spacial score (nSPS) is 32.8. The number of esters is 2. The van der Waals surface area contributed by atoms with Crippen LogP contribution in [0, 0.1) is 34.5 Å². The van der Waals surface area contributed by atoms with Gasteiger partial charge in [-0.05, 0) is 118 Å². The third-order valence-corrected chi connectivity index (χ3v) is 14.9. The van der Waals surface area contributed by atoms with Crippen LogP contribution >= 0.6 is 0 Å². The number of aliphatic hydroxyl groups is 3. The Balaban J connectivity index is 0.875. The average Bonchev–Trinajstić information content (AvgIpc) is 3.69. The number of carbonyl (C=O) groups excluding carboxylic acids is 4. The molecule has 9 heteroatoms. The number of allylic oxidation sites excluding steroid dienone is 6. The Labute approximate surface area is 354 Å². The second-order valence-corrected chi connectivity index (χ2v) is 18.4. The molecule has 7 rings (SSSR count). The molecule has 0 heterocycles. The van der Waals surface area contributed by atoms with E-state index in [1.165, 1.54) is 11.1 Å². The van der Waals surface area contributed by atoms with E-state index >= 15 is 0 Å². The van der Waals surface area contributed by atoms with Crippen molar-refractivity contribution in [2.75, 3.05) is 6.61 Å². The zero-order valence-corrected chi connectivity index (χ0v) is 35.2. The molecular formula is C51H62O9. The van der Waals surface area contributed by atoms with E-state index in [1.807, 2.05) is 73.7 Å². The van der Waals surface area contributed by atoms with Crippen molar-refractivity contribution in [2.24, 2.45) is 34.5 Å². The number of aliphatic hydroxyl groups excluding tert-OH is 2. The predicted octanol–water partition coefficient (Wildman–Crippen LogP) is 8.17. The number of carbonyl (C=O) groups is 4. The first kappa shape index (κ1) is 43.6. The highest BCUT2D eigenvalue weighted by Gasteiger charge is 2.64. The number of fused-ring (bicyclic) bond motifs is 5. The van der Waals surface area contributed by atoms with Crippen LogP contribution in [0.1, 0.15) is 113 Å². The number of unbranched alkanes of at least 4 members (excludes halogenated alkanes) is 1. The van der Waals surface area contributed by atoms with Gasteiger partial charge in [-0.2, -0.15) is 0 Å². The van der Waals surface area contributed by atoms with Crippen LogP contribution in [0.3, 0.4) is 0 Å². The van der Waals surface area contributed by atoms with Crippen molar-refractivity contribution in [3.8, 4) is 0 Å². The lowest BCUT2D eigenvalue weighted by Gasteiger charge is -2.54. The van der Waals surface area contributed by atoms with Crippen LogP contribution in [0.5, 0.6) is 0 Å². The number of benzene rings is 2. The lowest BCUT2D eigenvalue weighted by molar-refractivity contribution is -0.163. The summed E-state index contributed by atoms with van der Waals surface area (Å²) in [6, 6.07) is 18.8. The van der Waals surface area contributed by atoms with Crippen LogP contribution in [-0.4, -0.2) is 69.3 Å². The van der Waals surface area contributed by atoms with E-state index in [1.54, 1.807) is 24.3 Å². The predicted molar refractivity (Wildman–Crippen MR) is 228 cm³/mol. The number of aryl methyl sites for hydroxylation is 1. The number of hydrogen-bond acceptors (Lipinski definition) is 9. The van der Waals surface area contributed by atoms with Crippen molar-refractivity contribution >= 4 is 23.5 Å². The molecule has 5 aliphatic carbocycles. The molecule has 0 aliphatic heterocycles. The van der Waals surface area contributed by atoms with Gasteiger partial charge in [0.15, 0.2) is 12.4 Å². The van der Waals surface area contributed by atoms with Gasteiger partial charge >= 0.3 is 11.9 Å². The fraction of sp³-hybridized carbons (Fsp3) is 0.529. The average molecular weight is 819 g/mol. The topological polar surface area (TPSA) is 147 Å². The van der Waals surface area contributed by atoms with Gasteiger partial charge in [0.05, 0.1) is 17.8 Å². The van der Waals surface area contributed by atoms with Gasteiger partial charge in [-0.15, -0.1) is 0 Å². The van der Waals surface area contributed by atoms with Gasteiger partial charge in [0.25, 0.3) is 0 Å². The molecule has 3 fully saturated rings. The third kappa shape index (κ3) is 9.09. The molecule has 0 bridgehead atoms. The first-order valence-electron chi connectivity index (χ1n) is 22.2. The van der Waals surface area contributed by atoms with Crippen molar-refractivity contribution in [3.63, 3.8) is 0 Å². The van der Waals surface area contributed by atoms with Crippen molar-refractivity contribution in [1.29, 1.82) is 0 Å². The first-order valence-corrected chi connectivity index (χ1v) is 22.2. The Morgan fingerprint density at radius 2 is 1.68 bits per heavy atom. The molecule has 0 saturated heterocycles. The molecule has 60 heavy (non-hydrogen) atoms. The van der Waals surface area contributed by atoms with Gasteiger partial charge in [-0.1, -0.05) is 97.8 Å². The van der Waals surface area contributed by atoms with E-state index in [2.05, 4.69) is 13.0 Å². The van der Waals surface area contributed by atoms with Crippen molar-refractivity contribution in [2.45, 2.75) is 128 Å². The number of rotatable bonds is 16. The number of ether oxygens (including phenoxy) is 2. The SMILES string of the molecule is CC12CCC(=O)C=C1CC[C@@H]1C2=CCC2(C)[C@H]1CC[C@]2(O)C(=O)COC(=O)CCC/C=C\C[C@@H]1[C@@H](/C=C/C(CCc2ccccc2)OC(=O)c2ccccc2)[C@H](O)C[C@@H]1O. The Morgan fingerprint density at radius 3 is 2.45 bits per heavy atom. The monoisotopic (exact) mass is 818 g/mol. The Morgan fingerprint density at radius 1 is 0.933 bits per heavy atom. The molecule has 320 valence electrons. The molecule has 5 aliphatic rings. The summed E-state index contributed by atoms with van der Waals surface area (Å²) < 4.78 is 11.4. The molecular weight excluding hydrogens is 757 g/mol. The van der Waals surface area contributed by atoms with Crippen LogP contribution in [0.2, 0.25) is 0 Å². The van der Waals surface area contributed by atoms with Crippen molar-refractivity contribution < 1.29 is 44.0 Å². The first-order chi connectivity index (χ1) is 28.8. The number of Topliss-reactive ketones (excluding diaryl/α,β-unsaturated/α-hetero) is 1. The minimum atomic E-state index is -1.57. The summed E-state index contributed by atoms with van der Waals surface area (Å²) >= 11 is 0. The summed E-state index contributed by atoms with van der Waals surface area (Å²) in [6.45, 7) is 3.84. The van der Waals surface area contributed by atoms with E-state index in [0.29, 0.717) is 56.9 Å². The molecule has 0 amide bonds. The van der Waals surface area contributed by atoms with Crippen LogP contribution in [-0.2, 0) is 30.3 Å². The molecule has 2 aromatic rings. The molecule has 10 atom stereocenters. The smallest absolute Gasteiger partial charge is 0.338 e. The summed E-state index contributed by atoms with van der Waals surface area (Å²) in [5, 5.41) is 33.8. The number of hydrogen-bond donors (Lipinski definition) is 3. The second-order valence-electron chi connectivity index (χ2n) is 18.4. The van der Waals surface area contributed by atoms with Crippen molar-refractivity contribution in [3.05, 3.63) is 119 Å².